The number of nitrogens with zero attached hydrogens (tertiary/aromatic N) is 1. The topological polar surface area (TPSA) is 92.8 Å². The van der Waals surface area contributed by atoms with E-state index in [0.29, 0.717) is 18.7 Å². The molecule has 1 heterocycles. The second kappa shape index (κ2) is 9.36. The Bertz CT molecular complexity index is 1000. The number of esters is 1. The van der Waals surface area contributed by atoms with Crippen LogP contribution >= 0.6 is 0 Å². The highest BCUT2D eigenvalue weighted by Crippen LogP contribution is 2.21. The van der Waals surface area contributed by atoms with Gasteiger partial charge in [0.25, 0.3) is 5.91 Å². The first-order valence-electron chi connectivity index (χ1n) is 9.59. The van der Waals surface area contributed by atoms with E-state index in [0.717, 1.165) is 12.8 Å². The molecule has 1 amide bonds. The first kappa shape index (κ1) is 21.9. The van der Waals surface area contributed by atoms with Crippen LogP contribution in [0.4, 0.5) is 4.39 Å². The Kier molecular flexibility index (Phi) is 6.84. The summed E-state index contributed by atoms with van der Waals surface area (Å²) in [6.45, 7) is 2.24. The third-order valence-corrected chi connectivity index (χ3v) is 6.79. The first-order chi connectivity index (χ1) is 14.3. The zero-order chi connectivity index (χ0) is 21.7. The second-order valence-corrected chi connectivity index (χ2v) is 8.99. The number of hydrogen-bond donors (Lipinski definition) is 1. The highest BCUT2D eigenvalue weighted by atomic mass is 32.2. The van der Waals surface area contributed by atoms with Crippen molar-refractivity contribution in [3.05, 3.63) is 65.5 Å². The second-order valence-electron chi connectivity index (χ2n) is 7.05. The molecule has 1 aliphatic rings. The molecule has 3 rings (SSSR count). The number of sulfonamides is 1. The molecular weight excluding hydrogens is 411 g/mol. The number of amides is 1. The third kappa shape index (κ3) is 5.22. The molecule has 0 spiro atoms. The molecule has 2 aromatic carbocycles. The maximum absolute atomic E-state index is 13.0. The van der Waals surface area contributed by atoms with Gasteiger partial charge in [0.05, 0.1) is 16.5 Å². The average Bonchev–Trinajstić information content (AvgIpc) is 3.28. The van der Waals surface area contributed by atoms with E-state index in [2.05, 4.69) is 5.32 Å². The molecule has 1 aliphatic heterocycles. The maximum atomic E-state index is 13.0. The van der Waals surface area contributed by atoms with Crippen LogP contribution in [0.2, 0.25) is 0 Å². The predicted octanol–water partition coefficient (Wildman–Crippen LogP) is 2.64. The van der Waals surface area contributed by atoms with Crippen molar-refractivity contribution in [3.63, 3.8) is 0 Å². The van der Waals surface area contributed by atoms with Gasteiger partial charge in [-0.3, -0.25) is 4.79 Å². The zero-order valence-electron chi connectivity index (χ0n) is 16.5. The molecule has 0 aromatic heterocycles. The fraction of sp³-hybridized carbons (Fsp3) is 0.333. The number of carbonyl (C=O) groups is 2. The highest BCUT2D eigenvalue weighted by Gasteiger charge is 2.27. The van der Waals surface area contributed by atoms with Crippen LogP contribution in [0.25, 0.3) is 0 Å². The summed E-state index contributed by atoms with van der Waals surface area (Å²) in [4.78, 5) is 24.3. The van der Waals surface area contributed by atoms with Crippen molar-refractivity contribution in [2.75, 3.05) is 19.7 Å². The number of nitrogens with one attached hydrogen (secondary N) is 1. The summed E-state index contributed by atoms with van der Waals surface area (Å²) in [6.07, 6.45) is 1.68. The molecule has 1 saturated heterocycles. The Morgan fingerprint density at radius 3 is 2.27 bits per heavy atom. The van der Waals surface area contributed by atoms with Crippen molar-refractivity contribution < 1.29 is 27.1 Å². The van der Waals surface area contributed by atoms with Gasteiger partial charge in [-0.1, -0.05) is 12.1 Å². The van der Waals surface area contributed by atoms with E-state index in [9.17, 15) is 22.4 Å². The van der Waals surface area contributed by atoms with Gasteiger partial charge in [-0.05, 0) is 61.7 Å². The SMILES string of the molecule is C[C@@H](NC(=O)COC(=O)c1ccc(S(=O)(=O)N2CCCC2)cc1)c1ccc(F)cc1. The molecule has 1 atom stereocenters. The van der Waals surface area contributed by atoms with Gasteiger partial charge in [0.15, 0.2) is 6.61 Å². The van der Waals surface area contributed by atoms with Crippen LogP contribution in [0.5, 0.6) is 0 Å². The van der Waals surface area contributed by atoms with Gasteiger partial charge >= 0.3 is 5.97 Å². The molecule has 9 heteroatoms. The van der Waals surface area contributed by atoms with Gasteiger partial charge in [0.1, 0.15) is 5.82 Å². The molecular formula is C21H23FN2O5S. The van der Waals surface area contributed by atoms with E-state index in [-0.39, 0.29) is 22.3 Å². The van der Waals surface area contributed by atoms with E-state index < -0.39 is 28.5 Å². The van der Waals surface area contributed by atoms with Crippen molar-refractivity contribution in [1.82, 2.24) is 9.62 Å². The summed E-state index contributed by atoms with van der Waals surface area (Å²) in [6, 6.07) is 10.8. The lowest BCUT2D eigenvalue weighted by molar-refractivity contribution is -0.124. The standard InChI is InChI=1S/C21H23FN2O5S/c1-15(16-4-8-18(22)9-5-16)23-20(25)14-29-21(26)17-6-10-19(11-7-17)30(27,28)24-12-2-3-13-24/h4-11,15H,2-3,12-14H2,1H3,(H,23,25)/t15-/m1/s1. The largest absolute Gasteiger partial charge is 0.452 e. The Morgan fingerprint density at radius 2 is 1.67 bits per heavy atom. The number of halogens is 1. The lowest BCUT2D eigenvalue weighted by atomic mass is 10.1. The van der Waals surface area contributed by atoms with Gasteiger partial charge in [0.2, 0.25) is 10.0 Å². The predicted molar refractivity (Wildman–Crippen MR) is 108 cm³/mol. The summed E-state index contributed by atoms with van der Waals surface area (Å²) in [7, 11) is -3.56. The molecule has 0 radical (unpaired) electrons. The Labute approximate surface area is 174 Å². The molecule has 2 aromatic rings. The van der Waals surface area contributed by atoms with Crippen molar-refractivity contribution in [1.29, 1.82) is 0 Å². The van der Waals surface area contributed by atoms with E-state index in [4.69, 9.17) is 4.74 Å². The van der Waals surface area contributed by atoms with E-state index in [1.807, 2.05) is 0 Å². The molecule has 7 nitrogen and oxygen atoms in total. The normalized spacial score (nSPS) is 15.5. The molecule has 30 heavy (non-hydrogen) atoms. The van der Waals surface area contributed by atoms with Crippen LogP contribution in [0.3, 0.4) is 0 Å². The van der Waals surface area contributed by atoms with Gasteiger partial charge < -0.3 is 10.1 Å². The lowest BCUT2D eigenvalue weighted by Crippen LogP contribution is -2.31. The summed E-state index contributed by atoms with van der Waals surface area (Å²) < 4.78 is 44.4. The van der Waals surface area contributed by atoms with Crippen LogP contribution in [0, 0.1) is 5.82 Å². The summed E-state index contributed by atoms with van der Waals surface area (Å²) >= 11 is 0. The minimum atomic E-state index is -3.56. The van der Waals surface area contributed by atoms with Gasteiger partial charge in [-0.25, -0.2) is 17.6 Å². The smallest absolute Gasteiger partial charge is 0.338 e. The summed E-state index contributed by atoms with van der Waals surface area (Å²) in [5, 5.41) is 2.66. The highest BCUT2D eigenvalue weighted by molar-refractivity contribution is 7.89. The first-order valence-corrected chi connectivity index (χ1v) is 11.0. The van der Waals surface area contributed by atoms with Gasteiger partial charge in [-0.15, -0.1) is 0 Å². The Balaban J connectivity index is 1.53. The molecule has 160 valence electrons. The van der Waals surface area contributed by atoms with Gasteiger partial charge in [-0.2, -0.15) is 4.31 Å². The molecule has 0 bridgehead atoms. The van der Waals surface area contributed by atoms with Crippen LogP contribution in [0.1, 0.15) is 41.7 Å². The molecule has 0 unspecified atom stereocenters. The van der Waals surface area contributed by atoms with Crippen LogP contribution < -0.4 is 5.32 Å². The number of benzene rings is 2. The summed E-state index contributed by atoms with van der Waals surface area (Å²) in [5.41, 5.74) is 0.862. The number of carbonyl (C=O) groups excluding carboxylic acids is 2. The Hall–Kier alpha value is -2.78. The van der Waals surface area contributed by atoms with Crippen LogP contribution in [0.15, 0.2) is 53.4 Å². The fourth-order valence-corrected chi connectivity index (χ4v) is 4.69. The van der Waals surface area contributed by atoms with Crippen molar-refractivity contribution in [3.8, 4) is 0 Å². The quantitative estimate of drug-likeness (QED) is 0.677. The Morgan fingerprint density at radius 1 is 1.07 bits per heavy atom. The number of hydrogen-bond acceptors (Lipinski definition) is 5. The number of rotatable bonds is 7. The number of ether oxygens (including phenoxy) is 1. The molecule has 0 aliphatic carbocycles. The van der Waals surface area contributed by atoms with Gasteiger partial charge in [0, 0.05) is 13.1 Å². The average molecular weight is 434 g/mol. The van der Waals surface area contributed by atoms with E-state index in [1.165, 1.54) is 40.7 Å². The lowest BCUT2D eigenvalue weighted by Gasteiger charge is -2.15. The van der Waals surface area contributed by atoms with E-state index in [1.54, 1.807) is 19.1 Å². The maximum Gasteiger partial charge on any atom is 0.338 e. The van der Waals surface area contributed by atoms with Crippen LogP contribution in [-0.2, 0) is 19.6 Å². The minimum absolute atomic E-state index is 0.117. The van der Waals surface area contributed by atoms with Crippen molar-refractivity contribution >= 4 is 21.9 Å². The minimum Gasteiger partial charge on any atom is -0.452 e. The molecule has 0 saturated carbocycles. The van der Waals surface area contributed by atoms with E-state index >= 15 is 0 Å². The summed E-state index contributed by atoms with van der Waals surface area (Å²) in [5.74, 6) is -1.61. The van der Waals surface area contributed by atoms with Crippen molar-refractivity contribution in [2.24, 2.45) is 0 Å². The zero-order valence-corrected chi connectivity index (χ0v) is 17.3. The molecule has 1 fully saturated rings. The monoisotopic (exact) mass is 434 g/mol. The molecule has 1 N–H and O–H groups in total. The third-order valence-electron chi connectivity index (χ3n) is 4.87. The fourth-order valence-electron chi connectivity index (χ4n) is 3.17. The van der Waals surface area contributed by atoms with Crippen molar-refractivity contribution in [2.45, 2.75) is 30.7 Å². The van der Waals surface area contributed by atoms with Crippen LogP contribution in [-0.4, -0.2) is 44.3 Å².